The van der Waals surface area contributed by atoms with Crippen LogP contribution in [0.1, 0.15) is 19.4 Å². The number of benzene rings is 2. The van der Waals surface area contributed by atoms with Crippen LogP contribution in [0.5, 0.6) is 11.5 Å². The highest BCUT2D eigenvalue weighted by Crippen LogP contribution is 2.32. The molecule has 0 aromatic heterocycles. The maximum absolute atomic E-state index is 5.39. The number of ether oxygens (including phenoxy) is 2. The Balaban J connectivity index is 1.52. The Morgan fingerprint density at radius 2 is 1.76 bits per heavy atom. The largest absolute Gasteiger partial charge is 0.454 e. The van der Waals surface area contributed by atoms with E-state index in [0.717, 1.165) is 35.8 Å². The average Bonchev–Trinajstić information content (AvgIpc) is 3.10. The van der Waals surface area contributed by atoms with Gasteiger partial charge in [-0.15, -0.1) is 0 Å². The van der Waals surface area contributed by atoms with E-state index in [0.29, 0.717) is 11.7 Å². The van der Waals surface area contributed by atoms with Crippen LogP contribution in [-0.2, 0) is 6.54 Å². The highest BCUT2D eigenvalue weighted by atomic mass is 32.1. The van der Waals surface area contributed by atoms with Gasteiger partial charge in [0.05, 0.1) is 0 Å². The van der Waals surface area contributed by atoms with Gasteiger partial charge < -0.3 is 25.0 Å². The molecule has 0 saturated heterocycles. The molecule has 0 bridgehead atoms. The molecule has 1 aliphatic heterocycles. The van der Waals surface area contributed by atoms with E-state index in [2.05, 4.69) is 41.5 Å². The Morgan fingerprint density at radius 1 is 1.04 bits per heavy atom. The third-order valence-electron chi connectivity index (χ3n) is 4.14. The zero-order valence-corrected chi connectivity index (χ0v) is 15.4. The SMILES string of the molecule is CCN(CC)c1ccc(NC(=S)NCc2ccc3c(c2)OCO3)cc1. The van der Waals surface area contributed by atoms with Crippen molar-refractivity contribution in [2.24, 2.45) is 0 Å². The minimum atomic E-state index is 0.287. The van der Waals surface area contributed by atoms with Gasteiger partial charge in [0, 0.05) is 31.0 Å². The second kappa shape index (κ2) is 8.07. The van der Waals surface area contributed by atoms with Crippen molar-refractivity contribution in [3.8, 4) is 11.5 Å². The van der Waals surface area contributed by atoms with Crippen LogP contribution in [-0.4, -0.2) is 25.0 Å². The number of thiocarbonyl (C=S) groups is 1. The van der Waals surface area contributed by atoms with Gasteiger partial charge in [-0.2, -0.15) is 0 Å². The van der Waals surface area contributed by atoms with E-state index in [1.165, 1.54) is 5.69 Å². The van der Waals surface area contributed by atoms with Crippen molar-refractivity contribution >= 4 is 28.7 Å². The molecule has 0 fully saturated rings. The summed E-state index contributed by atoms with van der Waals surface area (Å²) in [6, 6.07) is 14.2. The van der Waals surface area contributed by atoms with Crippen LogP contribution < -0.4 is 25.0 Å². The first-order chi connectivity index (χ1) is 12.2. The fourth-order valence-corrected chi connectivity index (χ4v) is 2.94. The molecule has 132 valence electrons. The van der Waals surface area contributed by atoms with Crippen LogP contribution in [0.25, 0.3) is 0 Å². The molecular formula is C19H23N3O2S. The van der Waals surface area contributed by atoms with Gasteiger partial charge in [-0.3, -0.25) is 0 Å². The minimum absolute atomic E-state index is 0.287. The molecule has 0 radical (unpaired) electrons. The van der Waals surface area contributed by atoms with Gasteiger partial charge in [0.2, 0.25) is 6.79 Å². The van der Waals surface area contributed by atoms with Crippen molar-refractivity contribution in [3.63, 3.8) is 0 Å². The number of hydrogen-bond acceptors (Lipinski definition) is 4. The lowest BCUT2D eigenvalue weighted by Gasteiger charge is -2.21. The lowest BCUT2D eigenvalue weighted by Crippen LogP contribution is -2.28. The summed E-state index contributed by atoms with van der Waals surface area (Å²) < 4.78 is 10.7. The Hall–Kier alpha value is -2.47. The van der Waals surface area contributed by atoms with E-state index in [1.54, 1.807) is 0 Å². The average molecular weight is 357 g/mol. The van der Waals surface area contributed by atoms with Crippen molar-refractivity contribution in [2.45, 2.75) is 20.4 Å². The zero-order valence-electron chi connectivity index (χ0n) is 14.5. The molecule has 0 aliphatic carbocycles. The molecule has 6 heteroatoms. The van der Waals surface area contributed by atoms with Crippen molar-refractivity contribution in [1.29, 1.82) is 0 Å². The third kappa shape index (κ3) is 4.33. The van der Waals surface area contributed by atoms with E-state index in [9.17, 15) is 0 Å². The van der Waals surface area contributed by atoms with Gasteiger partial charge in [0.15, 0.2) is 16.6 Å². The van der Waals surface area contributed by atoms with Gasteiger partial charge in [-0.25, -0.2) is 0 Å². The summed E-state index contributed by atoms with van der Waals surface area (Å²) in [4.78, 5) is 2.31. The lowest BCUT2D eigenvalue weighted by molar-refractivity contribution is 0.174. The van der Waals surface area contributed by atoms with Crippen molar-refractivity contribution in [1.82, 2.24) is 5.32 Å². The second-order valence-electron chi connectivity index (χ2n) is 5.71. The van der Waals surface area contributed by atoms with E-state index < -0.39 is 0 Å². The number of nitrogens with zero attached hydrogens (tertiary/aromatic N) is 1. The van der Waals surface area contributed by atoms with Gasteiger partial charge in [-0.1, -0.05) is 6.07 Å². The van der Waals surface area contributed by atoms with Crippen LogP contribution in [0.2, 0.25) is 0 Å². The molecule has 3 rings (SSSR count). The predicted molar refractivity (Wildman–Crippen MR) is 106 cm³/mol. The van der Waals surface area contributed by atoms with E-state index >= 15 is 0 Å². The maximum Gasteiger partial charge on any atom is 0.231 e. The number of hydrogen-bond donors (Lipinski definition) is 2. The van der Waals surface area contributed by atoms with Gasteiger partial charge >= 0.3 is 0 Å². The first-order valence-electron chi connectivity index (χ1n) is 8.48. The second-order valence-corrected chi connectivity index (χ2v) is 6.12. The monoisotopic (exact) mass is 357 g/mol. The molecule has 2 N–H and O–H groups in total. The van der Waals surface area contributed by atoms with E-state index in [-0.39, 0.29) is 6.79 Å². The van der Waals surface area contributed by atoms with Gasteiger partial charge in [0.25, 0.3) is 0 Å². The molecule has 5 nitrogen and oxygen atoms in total. The smallest absolute Gasteiger partial charge is 0.231 e. The zero-order chi connectivity index (χ0) is 17.6. The Labute approximate surface area is 153 Å². The van der Waals surface area contributed by atoms with Crippen LogP contribution in [0.4, 0.5) is 11.4 Å². The van der Waals surface area contributed by atoms with Gasteiger partial charge in [0.1, 0.15) is 0 Å². The lowest BCUT2D eigenvalue weighted by atomic mass is 10.2. The highest BCUT2D eigenvalue weighted by Gasteiger charge is 2.13. The number of anilines is 2. The first-order valence-corrected chi connectivity index (χ1v) is 8.88. The number of nitrogens with one attached hydrogen (secondary N) is 2. The fraction of sp³-hybridized carbons (Fsp3) is 0.316. The molecule has 1 heterocycles. The summed E-state index contributed by atoms with van der Waals surface area (Å²) in [5.74, 6) is 1.57. The van der Waals surface area contributed by atoms with Crippen LogP contribution in [0.15, 0.2) is 42.5 Å². The summed E-state index contributed by atoms with van der Waals surface area (Å²) in [6.45, 7) is 7.23. The molecule has 0 unspecified atom stereocenters. The molecular weight excluding hydrogens is 334 g/mol. The molecule has 25 heavy (non-hydrogen) atoms. The molecule has 0 saturated carbocycles. The van der Waals surface area contributed by atoms with Crippen molar-refractivity contribution < 1.29 is 9.47 Å². The number of fused-ring (bicyclic) bond motifs is 1. The van der Waals surface area contributed by atoms with Crippen LogP contribution in [0, 0.1) is 0 Å². The molecule has 0 amide bonds. The summed E-state index contributed by atoms with van der Waals surface area (Å²) in [5.41, 5.74) is 3.28. The normalized spacial score (nSPS) is 11.9. The Bertz CT molecular complexity index is 730. The van der Waals surface area contributed by atoms with E-state index in [1.807, 2.05) is 30.3 Å². The molecule has 2 aromatic rings. The highest BCUT2D eigenvalue weighted by molar-refractivity contribution is 7.80. The molecule has 0 spiro atoms. The summed E-state index contributed by atoms with van der Waals surface area (Å²) >= 11 is 5.38. The van der Waals surface area contributed by atoms with Gasteiger partial charge in [-0.05, 0) is 68.0 Å². The summed E-state index contributed by atoms with van der Waals surface area (Å²) in [5, 5.41) is 7.02. The number of rotatable bonds is 6. The minimum Gasteiger partial charge on any atom is -0.454 e. The standard InChI is InChI=1S/C19H23N3O2S/c1-3-22(4-2)16-8-6-15(7-9-16)21-19(25)20-12-14-5-10-17-18(11-14)24-13-23-17/h5-11H,3-4,12-13H2,1-2H3,(H2,20,21,25). The molecule has 2 aromatic carbocycles. The predicted octanol–water partition coefficient (Wildman–Crippen LogP) is 3.75. The molecule has 0 atom stereocenters. The fourth-order valence-electron chi connectivity index (χ4n) is 2.75. The topological polar surface area (TPSA) is 45.8 Å². The van der Waals surface area contributed by atoms with Crippen LogP contribution in [0.3, 0.4) is 0 Å². The third-order valence-corrected chi connectivity index (χ3v) is 4.39. The summed E-state index contributed by atoms with van der Waals surface area (Å²) in [7, 11) is 0. The van der Waals surface area contributed by atoms with Crippen molar-refractivity contribution in [3.05, 3.63) is 48.0 Å². The summed E-state index contributed by atoms with van der Waals surface area (Å²) in [6.07, 6.45) is 0. The molecule has 1 aliphatic rings. The maximum atomic E-state index is 5.39. The van der Waals surface area contributed by atoms with E-state index in [4.69, 9.17) is 21.7 Å². The quantitative estimate of drug-likeness (QED) is 0.768. The Kier molecular flexibility index (Phi) is 5.60. The van der Waals surface area contributed by atoms with Crippen LogP contribution >= 0.6 is 12.2 Å². The first kappa shape index (κ1) is 17.4. The van der Waals surface area contributed by atoms with Crippen molar-refractivity contribution in [2.75, 3.05) is 30.1 Å². The Morgan fingerprint density at radius 3 is 2.48 bits per heavy atom.